The first-order chi connectivity index (χ1) is 9.95. The lowest BCUT2D eigenvalue weighted by Crippen LogP contribution is -2.60. The third-order valence-corrected chi connectivity index (χ3v) is 3.50. The second-order valence-corrected chi connectivity index (χ2v) is 5.36. The van der Waals surface area contributed by atoms with Crippen LogP contribution in [0.15, 0.2) is 24.3 Å². The third kappa shape index (κ3) is 3.51. The molecular weight excluding hydrogens is 325 g/mol. The van der Waals surface area contributed by atoms with Gasteiger partial charge in [-0.15, -0.1) is 0 Å². The molecular formula is C12H15Cl2NO6. The topological polar surface area (TPSA) is 103 Å². The van der Waals surface area contributed by atoms with Gasteiger partial charge in [-0.1, -0.05) is 12.1 Å². The molecule has 21 heavy (non-hydrogen) atoms. The maximum absolute atomic E-state index is 9.89. The van der Waals surface area contributed by atoms with Crippen LogP contribution < -0.4 is 8.67 Å². The summed E-state index contributed by atoms with van der Waals surface area (Å²) in [7, 11) is 0. The van der Waals surface area contributed by atoms with Crippen molar-refractivity contribution in [3.8, 4) is 5.75 Å². The van der Waals surface area contributed by atoms with Crippen molar-refractivity contribution in [2.75, 3.05) is 10.5 Å². The van der Waals surface area contributed by atoms with E-state index in [9.17, 15) is 15.3 Å². The van der Waals surface area contributed by atoms with Gasteiger partial charge in [-0.3, -0.25) is 0 Å². The summed E-state index contributed by atoms with van der Waals surface area (Å²) in [6, 6.07) is 6.43. The van der Waals surface area contributed by atoms with E-state index < -0.39 is 37.3 Å². The minimum absolute atomic E-state index is 0.201. The Kier molecular flexibility index (Phi) is 5.50. The number of aliphatic hydroxyl groups excluding tert-OH is 4. The molecule has 0 bridgehead atoms. The number of rotatable bonds is 4. The Morgan fingerprint density at radius 3 is 2.38 bits per heavy atom. The van der Waals surface area contributed by atoms with Crippen LogP contribution in [0.5, 0.6) is 5.75 Å². The van der Waals surface area contributed by atoms with Gasteiger partial charge < -0.3 is 29.9 Å². The molecule has 0 radical (unpaired) electrons. The SMILES string of the molecule is OC[C@H]1O[C@H](Oc2ccccc2N(Cl)Cl)[C@H](O)[C@@H](O)[C@@H]1O. The number of para-hydroxylation sites is 2. The highest BCUT2D eigenvalue weighted by Crippen LogP contribution is 2.33. The molecule has 1 saturated heterocycles. The fraction of sp³-hybridized carbons (Fsp3) is 0.500. The van der Waals surface area contributed by atoms with Gasteiger partial charge in [0.2, 0.25) is 6.29 Å². The van der Waals surface area contributed by atoms with Gasteiger partial charge in [-0.05, 0) is 12.1 Å². The monoisotopic (exact) mass is 339 g/mol. The second-order valence-electron chi connectivity index (χ2n) is 4.52. The van der Waals surface area contributed by atoms with Crippen LogP contribution in [0.25, 0.3) is 0 Å². The average Bonchev–Trinajstić information content (AvgIpc) is 2.48. The summed E-state index contributed by atoms with van der Waals surface area (Å²) in [5.74, 6) is 0.201. The van der Waals surface area contributed by atoms with E-state index in [0.29, 0.717) is 5.69 Å². The molecule has 5 atom stereocenters. The van der Waals surface area contributed by atoms with Crippen molar-refractivity contribution in [1.29, 1.82) is 0 Å². The van der Waals surface area contributed by atoms with Crippen molar-refractivity contribution in [3.05, 3.63) is 24.3 Å². The number of hydrogen-bond donors (Lipinski definition) is 4. The van der Waals surface area contributed by atoms with E-state index in [1.54, 1.807) is 18.2 Å². The van der Waals surface area contributed by atoms with Gasteiger partial charge in [0.15, 0.2) is 0 Å². The first-order valence-corrected chi connectivity index (χ1v) is 6.81. The van der Waals surface area contributed by atoms with Gasteiger partial charge in [0.05, 0.1) is 6.61 Å². The summed E-state index contributed by atoms with van der Waals surface area (Å²) in [6.45, 7) is -0.538. The Morgan fingerprint density at radius 1 is 1.10 bits per heavy atom. The van der Waals surface area contributed by atoms with Crippen LogP contribution in [-0.4, -0.2) is 57.7 Å². The number of benzene rings is 1. The quantitative estimate of drug-likeness (QED) is 0.571. The number of hydrogen-bond acceptors (Lipinski definition) is 7. The van der Waals surface area contributed by atoms with Crippen LogP contribution >= 0.6 is 23.6 Å². The Morgan fingerprint density at radius 2 is 1.76 bits per heavy atom. The van der Waals surface area contributed by atoms with Crippen LogP contribution in [0.2, 0.25) is 0 Å². The normalized spacial score (nSPS) is 32.8. The third-order valence-electron chi connectivity index (χ3n) is 3.14. The molecule has 0 aromatic heterocycles. The predicted octanol–water partition coefficient (Wildman–Crippen LogP) is -0.0207. The lowest BCUT2D eigenvalue weighted by atomic mass is 9.99. The lowest BCUT2D eigenvalue weighted by Gasteiger charge is -2.39. The van der Waals surface area contributed by atoms with Gasteiger partial charge in [0.1, 0.15) is 35.9 Å². The highest BCUT2D eigenvalue weighted by atomic mass is 35.5. The lowest BCUT2D eigenvalue weighted by molar-refractivity contribution is -0.277. The van der Waals surface area contributed by atoms with Crippen molar-refractivity contribution >= 4 is 29.2 Å². The molecule has 0 aliphatic carbocycles. The standard InChI is InChI=1S/C12H15Cl2NO6/c13-15(14)6-3-1-2-4-7(6)20-12-11(19)10(18)9(17)8(5-16)21-12/h1-4,8-12,16-19H,5H2/t8-,9-,10+,11-,12+/m1/s1. The summed E-state index contributed by atoms with van der Waals surface area (Å²) in [6.07, 6.45) is -6.82. The number of ether oxygens (including phenoxy) is 2. The molecule has 2 rings (SSSR count). The predicted molar refractivity (Wildman–Crippen MR) is 75.0 cm³/mol. The zero-order valence-electron chi connectivity index (χ0n) is 10.7. The van der Waals surface area contributed by atoms with E-state index in [2.05, 4.69) is 0 Å². The van der Waals surface area contributed by atoms with Crippen LogP contribution in [-0.2, 0) is 4.74 Å². The van der Waals surface area contributed by atoms with Gasteiger partial charge in [-0.2, -0.15) is 3.94 Å². The molecule has 0 saturated carbocycles. The van der Waals surface area contributed by atoms with Gasteiger partial charge in [0.25, 0.3) is 0 Å². The average molecular weight is 340 g/mol. The van der Waals surface area contributed by atoms with Crippen LogP contribution in [0.4, 0.5) is 5.69 Å². The van der Waals surface area contributed by atoms with Crippen molar-refractivity contribution < 1.29 is 29.9 Å². The fourth-order valence-corrected chi connectivity index (χ4v) is 2.27. The zero-order chi connectivity index (χ0) is 15.6. The van der Waals surface area contributed by atoms with E-state index in [1.807, 2.05) is 0 Å². The summed E-state index contributed by atoms with van der Waals surface area (Å²) in [4.78, 5) is 0. The smallest absolute Gasteiger partial charge is 0.229 e. The van der Waals surface area contributed by atoms with E-state index in [4.69, 9.17) is 38.1 Å². The Labute approximate surface area is 131 Å². The molecule has 4 N–H and O–H groups in total. The Hall–Kier alpha value is -0.800. The van der Waals surface area contributed by atoms with E-state index in [1.165, 1.54) is 6.07 Å². The first kappa shape index (κ1) is 16.6. The van der Waals surface area contributed by atoms with Crippen molar-refractivity contribution in [1.82, 2.24) is 0 Å². The van der Waals surface area contributed by atoms with Gasteiger partial charge >= 0.3 is 0 Å². The van der Waals surface area contributed by atoms with Crippen LogP contribution in [0.1, 0.15) is 0 Å². The minimum atomic E-state index is -1.52. The Bertz CT molecular complexity index is 475. The molecule has 0 unspecified atom stereocenters. The molecule has 118 valence electrons. The van der Waals surface area contributed by atoms with Gasteiger partial charge in [0, 0.05) is 23.6 Å². The van der Waals surface area contributed by atoms with Crippen molar-refractivity contribution in [3.63, 3.8) is 0 Å². The molecule has 7 nitrogen and oxygen atoms in total. The maximum atomic E-state index is 9.89. The minimum Gasteiger partial charge on any atom is -0.460 e. The second kappa shape index (κ2) is 6.97. The highest BCUT2D eigenvalue weighted by molar-refractivity contribution is 6.49. The van der Waals surface area contributed by atoms with E-state index in [-0.39, 0.29) is 5.75 Å². The molecule has 9 heteroatoms. The summed E-state index contributed by atoms with van der Waals surface area (Å²) in [5, 5.41) is 38.4. The molecule has 1 aromatic rings. The molecule has 0 amide bonds. The molecule has 1 aliphatic rings. The number of halogens is 2. The van der Waals surface area contributed by atoms with E-state index >= 15 is 0 Å². The molecule has 1 aliphatic heterocycles. The molecule has 1 aromatic carbocycles. The number of nitrogens with zero attached hydrogens (tertiary/aromatic N) is 1. The highest BCUT2D eigenvalue weighted by Gasteiger charge is 2.44. The largest absolute Gasteiger partial charge is 0.460 e. The number of aliphatic hydroxyl groups is 4. The Balaban J connectivity index is 2.19. The molecule has 1 fully saturated rings. The summed E-state index contributed by atoms with van der Waals surface area (Å²) in [5.41, 5.74) is 0.304. The van der Waals surface area contributed by atoms with Crippen LogP contribution in [0, 0.1) is 0 Å². The van der Waals surface area contributed by atoms with Crippen molar-refractivity contribution in [2.45, 2.75) is 30.7 Å². The summed E-state index contributed by atoms with van der Waals surface area (Å²) >= 11 is 11.3. The maximum Gasteiger partial charge on any atom is 0.229 e. The summed E-state index contributed by atoms with van der Waals surface area (Å²) < 4.78 is 11.5. The van der Waals surface area contributed by atoms with Gasteiger partial charge in [-0.25, -0.2) is 0 Å². The van der Waals surface area contributed by atoms with Crippen LogP contribution in [0.3, 0.4) is 0 Å². The number of anilines is 1. The molecule has 0 spiro atoms. The zero-order valence-corrected chi connectivity index (χ0v) is 12.2. The van der Waals surface area contributed by atoms with Crippen molar-refractivity contribution in [2.24, 2.45) is 0 Å². The van der Waals surface area contributed by atoms with E-state index in [0.717, 1.165) is 3.94 Å². The fourth-order valence-electron chi connectivity index (χ4n) is 1.99. The first-order valence-electron chi connectivity index (χ1n) is 6.13. The molecule has 1 heterocycles.